The van der Waals surface area contributed by atoms with E-state index in [0.717, 1.165) is 29.5 Å². The minimum absolute atomic E-state index is 0.163. The number of nitrogens with zero attached hydrogens (tertiary/aromatic N) is 1. The van der Waals surface area contributed by atoms with Crippen LogP contribution in [0.1, 0.15) is 18.4 Å². The Morgan fingerprint density at radius 2 is 2.44 bits per heavy atom. The van der Waals surface area contributed by atoms with Crippen molar-refractivity contribution in [2.75, 3.05) is 6.54 Å². The summed E-state index contributed by atoms with van der Waals surface area (Å²) in [6.45, 7) is 1.59. The monoisotopic (exact) mass is 283 g/mol. The van der Waals surface area contributed by atoms with Crippen molar-refractivity contribution < 1.29 is 4.79 Å². The molecule has 0 radical (unpaired) electrons. The first kappa shape index (κ1) is 11.5. The van der Waals surface area contributed by atoms with Gasteiger partial charge in [-0.25, -0.2) is 0 Å². The van der Waals surface area contributed by atoms with Crippen LogP contribution in [0.5, 0.6) is 0 Å². The highest BCUT2D eigenvalue weighted by atomic mass is 79.9. The van der Waals surface area contributed by atoms with E-state index in [-0.39, 0.29) is 11.9 Å². The van der Waals surface area contributed by atoms with E-state index in [1.54, 1.807) is 6.20 Å². The van der Waals surface area contributed by atoms with Gasteiger partial charge < -0.3 is 10.6 Å². The van der Waals surface area contributed by atoms with Crippen LogP contribution in [0.25, 0.3) is 0 Å². The van der Waals surface area contributed by atoms with Gasteiger partial charge in [0.15, 0.2) is 0 Å². The van der Waals surface area contributed by atoms with E-state index in [1.807, 2.05) is 12.3 Å². The predicted octanol–water partition coefficient (Wildman–Crippen LogP) is 1.21. The number of hydrogen-bond acceptors (Lipinski definition) is 3. The molecule has 1 aromatic heterocycles. The lowest BCUT2D eigenvalue weighted by atomic mass is 10.2. The summed E-state index contributed by atoms with van der Waals surface area (Å²) in [4.78, 5) is 15.1. The molecule has 86 valence electrons. The maximum absolute atomic E-state index is 11.0. The van der Waals surface area contributed by atoms with Gasteiger partial charge in [-0.1, -0.05) is 0 Å². The van der Waals surface area contributed by atoms with E-state index >= 15 is 0 Å². The molecule has 1 aliphatic rings. The zero-order valence-electron chi connectivity index (χ0n) is 8.87. The van der Waals surface area contributed by atoms with Gasteiger partial charge in [-0.15, -0.1) is 0 Å². The van der Waals surface area contributed by atoms with Gasteiger partial charge >= 0.3 is 0 Å². The first-order chi connectivity index (χ1) is 7.74. The molecule has 0 aliphatic carbocycles. The first-order valence-corrected chi connectivity index (χ1v) is 6.13. The second kappa shape index (κ2) is 5.41. The Morgan fingerprint density at radius 3 is 3.12 bits per heavy atom. The van der Waals surface area contributed by atoms with Crippen LogP contribution >= 0.6 is 15.9 Å². The van der Waals surface area contributed by atoms with E-state index in [9.17, 15) is 4.79 Å². The SMILES string of the molecule is O=C1CCC(CNCc2cncc(Br)c2)N1. The minimum Gasteiger partial charge on any atom is -0.352 e. The van der Waals surface area contributed by atoms with Crippen molar-refractivity contribution in [3.8, 4) is 0 Å². The Hall–Kier alpha value is -0.940. The molecule has 1 aromatic rings. The van der Waals surface area contributed by atoms with Crippen LogP contribution < -0.4 is 10.6 Å². The molecule has 4 nitrogen and oxygen atoms in total. The van der Waals surface area contributed by atoms with Crippen LogP contribution in [0.4, 0.5) is 0 Å². The van der Waals surface area contributed by atoms with Crippen molar-refractivity contribution in [3.05, 3.63) is 28.5 Å². The van der Waals surface area contributed by atoms with Gasteiger partial charge in [0.1, 0.15) is 0 Å². The second-order valence-corrected chi connectivity index (χ2v) is 4.86. The highest BCUT2D eigenvalue weighted by molar-refractivity contribution is 9.10. The summed E-state index contributed by atoms with van der Waals surface area (Å²) in [7, 11) is 0. The molecular weight excluding hydrogens is 270 g/mol. The van der Waals surface area contributed by atoms with Gasteiger partial charge in [-0.3, -0.25) is 9.78 Å². The molecule has 0 bridgehead atoms. The summed E-state index contributed by atoms with van der Waals surface area (Å²) in [5.74, 6) is 0.163. The third kappa shape index (κ3) is 3.28. The third-order valence-corrected chi connectivity index (χ3v) is 3.00. The molecule has 2 rings (SSSR count). The quantitative estimate of drug-likeness (QED) is 0.874. The largest absolute Gasteiger partial charge is 0.352 e. The number of aromatic nitrogens is 1. The molecule has 1 atom stereocenters. The minimum atomic E-state index is 0.163. The smallest absolute Gasteiger partial charge is 0.220 e. The number of pyridine rings is 1. The third-order valence-electron chi connectivity index (χ3n) is 2.57. The molecule has 1 saturated heterocycles. The fraction of sp³-hybridized carbons (Fsp3) is 0.455. The predicted molar refractivity (Wildman–Crippen MR) is 64.8 cm³/mol. The lowest BCUT2D eigenvalue weighted by Crippen LogP contribution is -2.35. The standard InChI is InChI=1S/C11H14BrN3O/c12-9-3-8(4-13-6-9)5-14-7-10-1-2-11(16)15-10/h3-4,6,10,14H,1-2,5,7H2,(H,15,16). The van der Waals surface area contributed by atoms with Crippen LogP contribution in [0.2, 0.25) is 0 Å². The topological polar surface area (TPSA) is 54.0 Å². The van der Waals surface area contributed by atoms with Crippen LogP contribution in [0.3, 0.4) is 0 Å². The van der Waals surface area contributed by atoms with Crippen LogP contribution in [0, 0.1) is 0 Å². The van der Waals surface area contributed by atoms with Crippen molar-refractivity contribution in [1.82, 2.24) is 15.6 Å². The lowest BCUT2D eigenvalue weighted by molar-refractivity contribution is -0.119. The van der Waals surface area contributed by atoms with Crippen molar-refractivity contribution >= 4 is 21.8 Å². The fourth-order valence-electron chi connectivity index (χ4n) is 1.77. The summed E-state index contributed by atoms with van der Waals surface area (Å²) in [5, 5.41) is 6.24. The summed E-state index contributed by atoms with van der Waals surface area (Å²) >= 11 is 3.38. The molecule has 16 heavy (non-hydrogen) atoms. The molecule has 0 aromatic carbocycles. The molecule has 2 N–H and O–H groups in total. The molecule has 2 heterocycles. The second-order valence-electron chi connectivity index (χ2n) is 3.95. The molecular formula is C11H14BrN3O. The average molecular weight is 284 g/mol. The van der Waals surface area contributed by atoms with Gasteiger partial charge in [-0.2, -0.15) is 0 Å². The zero-order valence-corrected chi connectivity index (χ0v) is 10.5. The first-order valence-electron chi connectivity index (χ1n) is 5.33. The molecule has 0 saturated carbocycles. The maximum Gasteiger partial charge on any atom is 0.220 e. The normalized spacial score (nSPS) is 19.8. The Labute approximate surface area is 103 Å². The number of carbonyl (C=O) groups is 1. The zero-order chi connectivity index (χ0) is 11.4. The van der Waals surface area contributed by atoms with Gasteiger partial charge in [0.25, 0.3) is 0 Å². The molecule has 5 heteroatoms. The summed E-state index contributed by atoms with van der Waals surface area (Å²) in [6.07, 6.45) is 5.19. The van der Waals surface area contributed by atoms with Crippen LogP contribution in [-0.2, 0) is 11.3 Å². The van der Waals surface area contributed by atoms with Crippen molar-refractivity contribution in [3.63, 3.8) is 0 Å². The van der Waals surface area contributed by atoms with Gasteiger partial charge in [0.2, 0.25) is 5.91 Å². The molecule has 1 fully saturated rings. The Balaban J connectivity index is 1.74. The average Bonchev–Trinajstić information content (AvgIpc) is 2.64. The Bertz CT molecular complexity index is 383. The maximum atomic E-state index is 11.0. The van der Waals surface area contributed by atoms with Crippen molar-refractivity contribution in [2.24, 2.45) is 0 Å². The van der Waals surface area contributed by atoms with E-state index in [4.69, 9.17) is 0 Å². The van der Waals surface area contributed by atoms with Crippen molar-refractivity contribution in [2.45, 2.75) is 25.4 Å². The highest BCUT2D eigenvalue weighted by Crippen LogP contribution is 2.09. The van der Waals surface area contributed by atoms with E-state index in [0.29, 0.717) is 6.42 Å². The van der Waals surface area contributed by atoms with Gasteiger partial charge in [-0.05, 0) is 34.0 Å². The number of hydrogen-bond donors (Lipinski definition) is 2. The van der Waals surface area contributed by atoms with E-state index < -0.39 is 0 Å². The number of nitrogens with one attached hydrogen (secondary N) is 2. The summed E-state index contributed by atoms with van der Waals surface area (Å²) in [5.41, 5.74) is 1.14. The van der Waals surface area contributed by atoms with Gasteiger partial charge in [0.05, 0.1) is 0 Å². The molecule has 1 unspecified atom stereocenters. The Kier molecular flexibility index (Phi) is 3.90. The lowest BCUT2D eigenvalue weighted by Gasteiger charge is -2.11. The van der Waals surface area contributed by atoms with E-state index in [2.05, 4.69) is 31.5 Å². The number of carbonyl (C=O) groups excluding carboxylic acids is 1. The number of amides is 1. The van der Waals surface area contributed by atoms with Crippen molar-refractivity contribution in [1.29, 1.82) is 0 Å². The molecule has 1 amide bonds. The van der Waals surface area contributed by atoms with Crippen LogP contribution in [-0.4, -0.2) is 23.5 Å². The molecule has 0 spiro atoms. The Morgan fingerprint density at radius 1 is 1.56 bits per heavy atom. The molecule has 1 aliphatic heterocycles. The summed E-state index contributed by atoms with van der Waals surface area (Å²) < 4.78 is 0.987. The van der Waals surface area contributed by atoms with Gasteiger partial charge in [0, 0.05) is 42.4 Å². The number of halogens is 1. The number of rotatable bonds is 4. The van der Waals surface area contributed by atoms with E-state index in [1.165, 1.54) is 0 Å². The van der Waals surface area contributed by atoms with Crippen LogP contribution in [0.15, 0.2) is 22.9 Å². The fourth-order valence-corrected chi connectivity index (χ4v) is 2.19. The summed E-state index contributed by atoms with van der Waals surface area (Å²) in [6, 6.07) is 2.32. The highest BCUT2D eigenvalue weighted by Gasteiger charge is 2.19.